The summed E-state index contributed by atoms with van der Waals surface area (Å²) in [4.78, 5) is 0. The topological polar surface area (TPSA) is 21.8 Å². The minimum atomic E-state index is -2.66. The molecule has 66 valence electrons. The van der Waals surface area contributed by atoms with E-state index in [1.807, 2.05) is 0 Å². The van der Waals surface area contributed by atoms with Gasteiger partial charge in [-0.25, -0.2) is 0 Å². The van der Waals surface area contributed by atoms with Crippen molar-refractivity contribution in [1.82, 2.24) is 0 Å². The van der Waals surface area contributed by atoms with Crippen LogP contribution >= 0.6 is 33.2 Å². The van der Waals surface area contributed by atoms with Gasteiger partial charge in [0.2, 0.25) is 0 Å². The largest absolute Gasteiger partial charge is 0.375 e. The van der Waals surface area contributed by atoms with E-state index in [2.05, 4.69) is 0 Å². The molecule has 2 nitrogen and oxygen atoms in total. The zero-order chi connectivity index (χ0) is 8.48. The molecule has 6 heteroatoms. The zero-order valence-corrected chi connectivity index (χ0v) is 9.29. The SMILES string of the molecule is CC(OCC1CO1)[Si](Cl)(Cl)Cl. The van der Waals surface area contributed by atoms with E-state index in [-0.39, 0.29) is 11.8 Å². The van der Waals surface area contributed by atoms with E-state index in [0.29, 0.717) is 6.61 Å². The fourth-order valence-corrected chi connectivity index (χ4v) is 1.36. The molecule has 0 aliphatic carbocycles. The van der Waals surface area contributed by atoms with Gasteiger partial charge in [-0.1, -0.05) is 0 Å². The van der Waals surface area contributed by atoms with Crippen molar-refractivity contribution in [3.63, 3.8) is 0 Å². The highest BCUT2D eigenvalue weighted by Gasteiger charge is 2.36. The molecule has 1 rings (SSSR count). The van der Waals surface area contributed by atoms with Crippen LogP contribution in [0.5, 0.6) is 0 Å². The van der Waals surface area contributed by atoms with Gasteiger partial charge >= 0.3 is 6.00 Å². The Hall–Kier alpha value is 1.01. The van der Waals surface area contributed by atoms with Gasteiger partial charge in [-0.05, 0) is 6.92 Å². The van der Waals surface area contributed by atoms with Gasteiger partial charge in [-0.3, -0.25) is 0 Å². The molecular weight excluding hydrogens is 226 g/mol. The average molecular weight is 236 g/mol. The normalized spacial score (nSPS) is 26.7. The first-order valence-electron chi connectivity index (χ1n) is 3.30. The van der Waals surface area contributed by atoms with E-state index < -0.39 is 6.00 Å². The van der Waals surface area contributed by atoms with E-state index in [0.717, 1.165) is 6.61 Å². The molecule has 0 aromatic carbocycles. The van der Waals surface area contributed by atoms with Crippen molar-refractivity contribution < 1.29 is 9.47 Å². The minimum absolute atomic E-state index is 0.235. The molecule has 1 aliphatic heterocycles. The summed E-state index contributed by atoms with van der Waals surface area (Å²) < 4.78 is 10.2. The molecule has 2 unspecified atom stereocenters. The Kier molecular flexibility index (Phi) is 3.50. The lowest BCUT2D eigenvalue weighted by Crippen LogP contribution is -2.32. The van der Waals surface area contributed by atoms with Crippen LogP contribution in [0.2, 0.25) is 0 Å². The first-order valence-corrected chi connectivity index (χ1v) is 8.41. The van der Waals surface area contributed by atoms with Crippen LogP contribution in [0.3, 0.4) is 0 Å². The number of hydrogen-bond acceptors (Lipinski definition) is 2. The van der Waals surface area contributed by atoms with Crippen molar-refractivity contribution in [3.8, 4) is 0 Å². The number of ether oxygens (including phenoxy) is 2. The summed E-state index contributed by atoms with van der Waals surface area (Å²) in [7, 11) is 0. The average Bonchev–Trinajstić information content (AvgIpc) is 2.62. The first-order chi connectivity index (χ1) is 5.00. The summed E-state index contributed by atoms with van der Waals surface area (Å²) >= 11 is 17.1. The van der Waals surface area contributed by atoms with Gasteiger partial charge in [0.25, 0.3) is 0 Å². The van der Waals surface area contributed by atoms with Crippen LogP contribution in [0.1, 0.15) is 6.92 Å². The first kappa shape index (κ1) is 10.1. The lowest BCUT2D eigenvalue weighted by Gasteiger charge is -2.17. The second-order valence-corrected chi connectivity index (χ2v) is 11.5. The van der Waals surface area contributed by atoms with Crippen LogP contribution in [0.25, 0.3) is 0 Å². The number of hydrogen-bond donors (Lipinski definition) is 0. The Morgan fingerprint density at radius 1 is 1.64 bits per heavy atom. The second-order valence-electron chi connectivity index (χ2n) is 2.47. The summed E-state index contributed by atoms with van der Waals surface area (Å²) in [6, 6.07) is -2.66. The summed E-state index contributed by atoms with van der Waals surface area (Å²) in [5, 5.41) is 0. The van der Waals surface area contributed by atoms with Gasteiger partial charge in [0.15, 0.2) is 0 Å². The van der Waals surface area contributed by atoms with Crippen LogP contribution in [0, 0.1) is 0 Å². The molecule has 0 aromatic rings. The van der Waals surface area contributed by atoms with Crippen molar-refractivity contribution in [2.75, 3.05) is 13.2 Å². The van der Waals surface area contributed by atoms with Crippen molar-refractivity contribution in [1.29, 1.82) is 0 Å². The molecule has 1 aliphatic rings. The Labute approximate surface area is 80.8 Å². The van der Waals surface area contributed by atoms with Crippen LogP contribution in [0.4, 0.5) is 0 Å². The molecule has 11 heavy (non-hydrogen) atoms. The van der Waals surface area contributed by atoms with Gasteiger partial charge < -0.3 is 9.47 Å². The molecule has 0 saturated carbocycles. The molecular formula is C5H9Cl3O2Si. The van der Waals surface area contributed by atoms with Crippen LogP contribution < -0.4 is 0 Å². The highest BCUT2D eigenvalue weighted by molar-refractivity contribution is 7.65. The second kappa shape index (κ2) is 3.81. The van der Waals surface area contributed by atoms with Gasteiger partial charge in [-0.15, -0.1) is 33.2 Å². The highest BCUT2D eigenvalue weighted by Crippen LogP contribution is 2.26. The highest BCUT2D eigenvalue weighted by atomic mass is 35.8. The Balaban J connectivity index is 2.13. The summed E-state index contributed by atoms with van der Waals surface area (Å²) in [5.41, 5.74) is -0.253. The third kappa shape index (κ3) is 3.96. The van der Waals surface area contributed by atoms with Crippen LogP contribution in [-0.4, -0.2) is 31.0 Å². The molecule has 1 heterocycles. The fourth-order valence-electron chi connectivity index (χ4n) is 0.510. The van der Waals surface area contributed by atoms with E-state index in [4.69, 9.17) is 42.7 Å². The Morgan fingerprint density at radius 3 is 2.55 bits per heavy atom. The maximum Gasteiger partial charge on any atom is 0.368 e. The maximum atomic E-state index is 5.69. The zero-order valence-electron chi connectivity index (χ0n) is 6.02. The van der Waals surface area contributed by atoms with Crippen LogP contribution in [0.15, 0.2) is 0 Å². The summed E-state index contributed by atoms with van der Waals surface area (Å²) in [6.45, 7) is 3.10. The molecule has 1 saturated heterocycles. The lowest BCUT2D eigenvalue weighted by molar-refractivity contribution is 0.0997. The predicted molar refractivity (Wildman–Crippen MR) is 48.5 cm³/mol. The number of rotatable bonds is 4. The van der Waals surface area contributed by atoms with E-state index in [1.165, 1.54) is 0 Å². The van der Waals surface area contributed by atoms with Crippen molar-refractivity contribution in [2.45, 2.75) is 18.8 Å². The third-order valence-corrected chi connectivity index (χ3v) is 5.25. The number of halogens is 3. The quantitative estimate of drug-likeness (QED) is 0.422. The monoisotopic (exact) mass is 234 g/mol. The molecule has 1 fully saturated rings. The molecule has 0 N–H and O–H groups in total. The Bertz CT molecular complexity index is 134. The standard InChI is InChI=1S/C5H9Cl3O2Si/c1-4(11(6,7)8)9-2-5-3-10-5/h4-5H,2-3H2,1H3. The Morgan fingerprint density at radius 2 is 2.18 bits per heavy atom. The molecule has 0 aromatic heterocycles. The molecule has 0 bridgehead atoms. The van der Waals surface area contributed by atoms with Gasteiger partial charge in [0.05, 0.1) is 18.9 Å². The summed E-state index contributed by atoms with van der Waals surface area (Å²) in [5.74, 6) is 0. The minimum Gasteiger partial charge on any atom is -0.375 e. The van der Waals surface area contributed by atoms with Crippen LogP contribution in [-0.2, 0) is 9.47 Å². The molecule has 0 spiro atoms. The van der Waals surface area contributed by atoms with Gasteiger partial charge in [-0.2, -0.15) is 0 Å². The van der Waals surface area contributed by atoms with E-state index in [1.54, 1.807) is 6.92 Å². The van der Waals surface area contributed by atoms with Crippen molar-refractivity contribution >= 4 is 39.2 Å². The third-order valence-electron chi connectivity index (χ3n) is 1.40. The van der Waals surface area contributed by atoms with E-state index in [9.17, 15) is 0 Å². The molecule has 2 atom stereocenters. The lowest BCUT2D eigenvalue weighted by atomic mass is 10.5. The fraction of sp³-hybridized carbons (Fsp3) is 1.00. The van der Waals surface area contributed by atoms with Gasteiger partial charge in [0, 0.05) is 0 Å². The van der Waals surface area contributed by atoms with E-state index >= 15 is 0 Å². The van der Waals surface area contributed by atoms with Crippen molar-refractivity contribution in [3.05, 3.63) is 0 Å². The molecule has 0 radical (unpaired) electrons. The summed E-state index contributed by atoms with van der Waals surface area (Å²) in [6.07, 6.45) is 0.235. The maximum absolute atomic E-state index is 5.69. The predicted octanol–water partition coefficient (Wildman–Crippen LogP) is 1.98. The smallest absolute Gasteiger partial charge is 0.368 e. The number of epoxide rings is 1. The van der Waals surface area contributed by atoms with Gasteiger partial charge in [0.1, 0.15) is 6.10 Å². The molecule has 0 amide bonds. The van der Waals surface area contributed by atoms with Crippen molar-refractivity contribution in [2.24, 2.45) is 0 Å².